The highest BCUT2D eigenvalue weighted by Crippen LogP contribution is 2.31. The van der Waals surface area contributed by atoms with E-state index in [9.17, 15) is 0 Å². The Morgan fingerprint density at radius 3 is 2.88 bits per heavy atom. The van der Waals surface area contributed by atoms with Gasteiger partial charge in [-0.15, -0.1) is 0 Å². The number of benzene rings is 1. The molecular weight excluding hydrogens is 232 g/mol. The molecule has 17 heavy (non-hydrogen) atoms. The average Bonchev–Trinajstić information content (AvgIpc) is 2.86. The summed E-state index contributed by atoms with van der Waals surface area (Å²) >= 11 is 1.61. The van der Waals surface area contributed by atoms with Crippen molar-refractivity contribution in [2.45, 2.75) is 29.4 Å². The van der Waals surface area contributed by atoms with Crippen molar-refractivity contribution in [2.24, 2.45) is 0 Å². The lowest BCUT2D eigenvalue weighted by Gasteiger charge is -2.17. The molecule has 1 unspecified atom stereocenters. The maximum atomic E-state index is 4.14. The van der Waals surface area contributed by atoms with Crippen LogP contribution in [0.5, 0.6) is 0 Å². The number of rotatable bonds is 5. The molecule has 0 amide bonds. The predicted octanol–water partition coefficient (Wildman–Crippen LogP) is 2.63. The first-order valence-corrected chi connectivity index (χ1v) is 6.46. The fraction of sp³-hybridized carbons (Fsp3) is 0.333. The maximum Gasteiger partial charge on any atom is 0.188 e. The van der Waals surface area contributed by atoms with E-state index in [1.165, 1.54) is 16.8 Å². The Morgan fingerprint density at radius 2 is 2.24 bits per heavy atom. The molecule has 0 radical (unpaired) electrons. The first kappa shape index (κ1) is 12.1. The Morgan fingerprint density at radius 1 is 1.41 bits per heavy atom. The molecular formula is C12H16N4S. The third-order valence-corrected chi connectivity index (χ3v) is 3.63. The second-order valence-electron chi connectivity index (χ2n) is 3.68. The summed E-state index contributed by atoms with van der Waals surface area (Å²) in [6, 6.07) is 8.76. The van der Waals surface area contributed by atoms with Gasteiger partial charge >= 0.3 is 0 Å². The highest BCUT2D eigenvalue weighted by molar-refractivity contribution is 7.99. The van der Waals surface area contributed by atoms with Crippen LogP contribution in [-0.4, -0.2) is 22.2 Å². The topological polar surface area (TPSA) is 53.6 Å². The standard InChI is InChI=1S/C12H16N4S/c1-3-10(13-2)9-6-4-5-7-11(9)17-12-14-8-15-16-12/h4-8,10,13H,3H2,1-2H3,(H,14,15,16). The van der Waals surface area contributed by atoms with Crippen LogP contribution in [0.1, 0.15) is 24.9 Å². The van der Waals surface area contributed by atoms with Crippen LogP contribution < -0.4 is 5.32 Å². The molecule has 1 aromatic heterocycles. The Labute approximate surface area is 105 Å². The van der Waals surface area contributed by atoms with Crippen LogP contribution in [0.4, 0.5) is 0 Å². The Balaban J connectivity index is 2.27. The summed E-state index contributed by atoms with van der Waals surface area (Å²) in [5.74, 6) is 0. The van der Waals surface area contributed by atoms with Gasteiger partial charge in [0.15, 0.2) is 5.16 Å². The predicted molar refractivity (Wildman–Crippen MR) is 69.0 cm³/mol. The van der Waals surface area contributed by atoms with Crippen LogP contribution in [0.15, 0.2) is 40.6 Å². The van der Waals surface area contributed by atoms with E-state index in [2.05, 4.69) is 45.6 Å². The average molecular weight is 248 g/mol. The van der Waals surface area contributed by atoms with E-state index in [0.29, 0.717) is 6.04 Å². The van der Waals surface area contributed by atoms with Crippen LogP contribution in [0.2, 0.25) is 0 Å². The van der Waals surface area contributed by atoms with Gasteiger partial charge in [0.25, 0.3) is 0 Å². The molecule has 1 aromatic carbocycles. The van der Waals surface area contributed by atoms with Crippen LogP contribution in [0.3, 0.4) is 0 Å². The van der Waals surface area contributed by atoms with E-state index >= 15 is 0 Å². The zero-order valence-electron chi connectivity index (χ0n) is 9.97. The number of hydrogen-bond acceptors (Lipinski definition) is 4. The van der Waals surface area contributed by atoms with E-state index in [0.717, 1.165) is 11.6 Å². The molecule has 0 bridgehead atoms. The number of nitrogens with one attached hydrogen (secondary N) is 2. The highest BCUT2D eigenvalue weighted by Gasteiger charge is 2.12. The first-order chi connectivity index (χ1) is 8.35. The molecule has 2 aromatic rings. The molecule has 0 spiro atoms. The smallest absolute Gasteiger partial charge is 0.188 e. The third kappa shape index (κ3) is 2.87. The lowest BCUT2D eigenvalue weighted by Crippen LogP contribution is -2.15. The van der Waals surface area contributed by atoms with Crippen LogP contribution in [0, 0.1) is 0 Å². The number of hydrogen-bond donors (Lipinski definition) is 2. The summed E-state index contributed by atoms with van der Waals surface area (Å²) in [7, 11) is 1.99. The van der Waals surface area contributed by atoms with Crippen molar-refractivity contribution < 1.29 is 0 Å². The lowest BCUT2D eigenvalue weighted by molar-refractivity contribution is 0.568. The SMILES string of the molecule is CCC(NC)c1ccccc1Sc1ncn[nH]1. The van der Waals surface area contributed by atoms with Gasteiger partial charge in [0.1, 0.15) is 6.33 Å². The van der Waals surface area contributed by atoms with E-state index < -0.39 is 0 Å². The van der Waals surface area contributed by atoms with Crippen molar-refractivity contribution in [3.05, 3.63) is 36.2 Å². The molecule has 0 aliphatic heterocycles. The molecule has 5 heteroatoms. The van der Waals surface area contributed by atoms with Crippen molar-refractivity contribution in [3.8, 4) is 0 Å². The minimum atomic E-state index is 0.377. The van der Waals surface area contributed by atoms with Gasteiger partial charge in [-0.1, -0.05) is 36.9 Å². The number of H-pyrrole nitrogens is 1. The molecule has 2 rings (SSSR count). The Kier molecular flexibility index (Phi) is 4.17. The number of aromatic amines is 1. The second kappa shape index (κ2) is 5.84. The van der Waals surface area contributed by atoms with Gasteiger partial charge in [0, 0.05) is 10.9 Å². The summed E-state index contributed by atoms with van der Waals surface area (Å²) in [6.45, 7) is 2.18. The summed E-state index contributed by atoms with van der Waals surface area (Å²) in [5, 5.41) is 10.9. The van der Waals surface area contributed by atoms with E-state index in [1.807, 2.05) is 13.1 Å². The van der Waals surface area contributed by atoms with Gasteiger partial charge in [-0.05, 0) is 25.1 Å². The van der Waals surface area contributed by atoms with Crippen LogP contribution in [-0.2, 0) is 0 Å². The number of nitrogens with zero attached hydrogens (tertiary/aromatic N) is 2. The van der Waals surface area contributed by atoms with E-state index in [1.54, 1.807) is 11.8 Å². The van der Waals surface area contributed by atoms with Gasteiger partial charge in [-0.3, -0.25) is 5.10 Å². The fourth-order valence-corrected chi connectivity index (χ4v) is 2.67. The molecule has 0 aliphatic rings. The summed E-state index contributed by atoms with van der Waals surface area (Å²) in [5.41, 5.74) is 1.30. The molecule has 1 atom stereocenters. The molecule has 0 fully saturated rings. The van der Waals surface area contributed by atoms with Crippen LogP contribution in [0.25, 0.3) is 0 Å². The van der Waals surface area contributed by atoms with Gasteiger partial charge in [0.2, 0.25) is 0 Å². The monoisotopic (exact) mass is 248 g/mol. The second-order valence-corrected chi connectivity index (χ2v) is 4.71. The summed E-state index contributed by atoms with van der Waals surface area (Å²) in [6.07, 6.45) is 2.59. The van der Waals surface area contributed by atoms with Gasteiger partial charge in [-0.25, -0.2) is 4.98 Å². The van der Waals surface area contributed by atoms with Crippen molar-refractivity contribution >= 4 is 11.8 Å². The van der Waals surface area contributed by atoms with Crippen molar-refractivity contribution in [1.29, 1.82) is 0 Å². The van der Waals surface area contributed by atoms with E-state index in [4.69, 9.17) is 0 Å². The van der Waals surface area contributed by atoms with E-state index in [-0.39, 0.29) is 0 Å². The molecule has 0 aliphatic carbocycles. The normalized spacial score (nSPS) is 12.6. The summed E-state index contributed by atoms with van der Waals surface area (Å²) in [4.78, 5) is 5.35. The molecule has 1 heterocycles. The summed E-state index contributed by atoms with van der Waals surface area (Å²) < 4.78 is 0. The zero-order valence-corrected chi connectivity index (χ0v) is 10.8. The third-order valence-electron chi connectivity index (χ3n) is 2.65. The maximum absolute atomic E-state index is 4.14. The largest absolute Gasteiger partial charge is 0.313 e. The Bertz CT molecular complexity index is 451. The first-order valence-electron chi connectivity index (χ1n) is 5.64. The minimum Gasteiger partial charge on any atom is -0.313 e. The van der Waals surface area contributed by atoms with Crippen molar-refractivity contribution in [2.75, 3.05) is 7.05 Å². The zero-order chi connectivity index (χ0) is 12.1. The Hall–Kier alpha value is -1.33. The van der Waals surface area contributed by atoms with Crippen LogP contribution >= 0.6 is 11.8 Å². The highest BCUT2D eigenvalue weighted by atomic mass is 32.2. The van der Waals surface area contributed by atoms with Gasteiger partial charge in [-0.2, -0.15) is 5.10 Å². The van der Waals surface area contributed by atoms with Crippen molar-refractivity contribution in [3.63, 3.8) is 0 Å². The molecule has 0 saturated heterocycles. The molecule has 2 N–H and O–H groups in total. The minimum absolute atomic E-state index is 0.377. The fourth-order valence-electron chi connectivity index (χ4n) is 1.79. The van der Waals surface area contributed by atoms with Gasteiger partial charge in [0.05, 0.1) is 0 Å². The number of aromatic nitrogens is 3. The molecule has 90 valence electrons. The lowest BCUT2D eigenvalue weighted by atomic mass is 10.1. The van der Waals surface area contributed by atoms with Crippen molar-refractivity contribution in [1.82, 2.24) is 20.5 Å². The quantitative estimate of drug-likeness (QED) is 0.854. The van der Waals surface area contributed by atoms with Gasteiger partial charge < -0.3 is 5.32 Å². The molecule has 0 saturated carbocycles. The molecule has 4 nitrogen and oxygen atoms in total.